The summed E-state index contributed by atoms with van der Waals surface area (Å²) in [5.41, 5.74) is 1.32. The fourth-order valence-corrected chi connectivity index (χ4v) is 3.17. The van der Waals surface area contributed by atoms with E-state index in [0.29, 0.717) is 0 Å². The van der Waals surface area contributed by atoms with Gasteiger partial charge in [-0.3, -0.25) is 0 Å². The normalized spacial score (nSPS) is 19.0. The second-order valence-electron chi connectivity index (χ2n) is 6.08. The van der Waals surface area contributed by atoms with Crippen molar-refractivity contribution in [2.45, 2.75) is 39.2 Å². The number of aryl methyl sites for hydroxylation is 1. The van der Waals surface area contributed by atoms with E-state index in [-0.39, 0.29) is 0 Å². The van der Waals surface area contributed by atoms with E-state index >= 15 is 0 Å². The maximum Gasteiger partial charge on any atom is 0.120 e. The summed E-state index contributed by atoms with van der Waals surface area (Å²) in [4.78, 5) is 0. The van der Waals surface area contributed by atoms with Crippen LogP contribution in [0.3, 0.4) is 0 Å². The second kappa shape index (κ2) is 6.99. The number of hydrogen-bond acceptors (Lipinski definition) is 2. The Morgan fingerprint density at radius 3 is 3.10 bits per heavy atom. The van der Waals surface area contributed by atoms with Gasteiger partial charge >= 0.3 is 0 Å². The number of rotatable bonds is 6. The number of ether oxygens (including phenoxy) is 1. The van der Waals surface area contributed by atoms with Gasteiger partial charge in [-0.25, -0.2) is 0 Å². The van der Waals surface area contributed by atoms with Crippen molar-refractivity contribution >= 4 is 10.9 Å². The molecule has 0 saturated carbocycles. The van der Waals surface area contributed by atoms with Gasteiger partial charge in [0.1, 0.15) is 5.75 Å². The number of piperidine rings is 1. The van der Waals surface area contributed by atoms with Crippen molar-refractivity contribution in [1.29, 1.82) is 0 Å². The number of nitrogens with one attached hydrogen (secondary N) is 1. The van der Waals surface area contributed by atoms with Gasteiger partial charge < -0.3 is 14.6 Å². The van der Waals surface area contributed by atoms with Gasteiger partial charge in [0.2, 0.25) is 0 Å². The highest BCUT2D eigenvalue weighted by Crippen LogP contribution is 2.23. The molecule has 114 valence electrons. The number of fused-ring (bicyclic) bond motifs is 1. The van der Waals surface area contributed by atoms with Crippen LogP contribution in [0.1, 0.15) is 32.6 Å². The summed E-state index contributed by atoms with van der Waals surface area (Å²) >= 11 is 0. The first-order valence-corrected chi connectivity index (χ1v) is 8.29. The second-order valence-corrected chi connectivity index (χ2v) is 6.08. The summed E-state index contributed by atoms with van der Waals surface area (Å²) in [6.07, 6.45) is 7.24. The summed E-state index contributed by atoms with van der Waals surface area (Å²) in [5, 5.41) is 4.79. The van der Waals surface area contributed by atoms with E-state index < -0.39 is 0 Å². The van der Waals surface area contributed by atoms with Crippen molar-refractivity contribution in [1.82, 2.24) is 9.88 Å². The molecule has 1 N–H and O–H groups in total. The molecule has 2 heterocycles. The van der Waals surface area contributed by atoms with Crippen LogP contribution in [0.25, 0.3) is 10.9 Å². The van der Waals surface area contributed by atoms with E-state index in [0.717, 1.165) is 31.2 Å². The van der Waals surface area contributed by atoms with E-state index in [1.807, 2.05) is 0 Å². The monoisotopic (exact) mass is 286 g/mol. The third-order valence-electron chi connectivity index (χ3n) is 4.39. The Morgan fingerprint density at radius 1 is 1.33 bits per heavy atom. The van der Waals surface area contributed by atoms with Crippen LogP contribution in [-0.4, -0.2) is 24.3 Å². The molecule has 1 unspecified atom stereocenters. The van der Waals surface area contributed by atoms with Crippen molar-refractivity contribution in [3.05, 3.63) is 30.5 Å². The molecule has 1 aliphatic rings. The smallest absolute Gasteiger partial charge is 0.120 e. The topological polar surface area (TPSA) is 26.2 Å². The molecule has 3 nitrogen and oxygen atoms in total. The molecule has 0 spiro atoms. The third-order valence-corrected chi connectivity index (χ3v) is 4.39. The zero-order chi connectivity index (χ0) is 14.5. The predicted octanol–water partition coefficient (Wildman–Crippen LogP) is 3.82. The summed E-state index contributed by atoms with van der Waals surface area (Å²) in [7, 11) is 0. The Balaban J connectivity index is 1.65. The van der Waals surface area contributed by atoms with Crippen molar-refractivity contribution in [3.8, 4) is 5.75 Å². The standard InChI is InChI=1S/C18H26N2O/c1-2-12-21-17-5-6-18-16(13-17)8-11-20(18)10-7-15-4-3-9-19-14-15/h5-6,8,11,13,15,19H,2-4,7,9-10,12,14H2,1H3. The van der Waals surface area contributed by atoms with Crippen molar-refractivity contribution in [2.24, 2.45) is 5.92 Å². The fraction of sp³-hybridized carbons (Fsp3) is 0.556. The molecule has 0 amide bonds. The van der Waals surface area contributed by atoms with Crippen LogP contribution >= 0.6 is 0 Å². The maximum atomic E-state index is 5.71. The lowest BCUT2D eigenvalue weighted by Gasteiger charge is -2.22. The van der Waals surface area contributed by atoms with Gasteiger partial charge in [0.15, 0.2) is 0 Å². The predicted molar refractivity (Wildman–Crippen MR) is 87.9 cm³/mol. The molecule has 1 aromatic carbocycles. The largest absolute Gasteiger partial charge is 0.494 e. The highest BCUT2D eigenvalue weighted by Gasteiger charge is 2.13. The quantitative estimate of drug-likeness (QED) is 0.873. The summed E-state index contributed by atoms with van der Waals surface area (Å²) in [5.74, 6) is 1.82. The molecule has 1 aliphatic heterocycles. The number of nitrogens with zero attached hydrogens (tertiary/aromatic N) is 1. The minimum Gasteiger partial charge on any atom is -0.494 e. The summed E-state index contributed by atoms with van der Waals surface area (Å²) in [6, 6.07) is 8.65. The zero-order valence-electron chi connectivity index (χ0n) is 13.0. The minimum atomic E-state index is 0.793. The number of aromatic nitrogens is 1. The Kier molecular flexibility index (Phi) is 4.81. The molecule has 1 aromatic heterocycles. The first-order valence-electron chi connectivity index (χ1n) is 8.29. The molecule has 1 atom stereocenters. The highest BCUT2D eigenvalue weighted by molar-refractivity contribution is 5.81. The zero-order valence-corrected chi connectivity index (χ0v) is 13.0. The molecular formula is C18H26N2O. The highest BCUT2D eigenvalue weighted by atomic mass is 16.5. The van der Waals surface area contributed by atoms with E-state index in [1.54, 1.807) is 0 Å². The Morgan fingerprint density at radius 2 is 2.29 bits per heavy atom. The average Bonchev–Trinajstić information content (AvgIpc) is 2.94. The van der Waals surface area contributed by atoms with E-state index in [2.05, 4.69) is 47.3 Å². The molecule has 0 radical (unpaired) electrons. The Hall–Kier alpha value is -1.48. The van der Waals surface area contributed by atoms with Gasteiger partial charge in [-0.2, -0.15) is 0 Å². The molecular weight excluding hydrogens is 260 g/mol. The van der Waals surface area contributed by atoms with E-state index in [4.69, 9.17) is 4.74 Å². The SMILES string of the molecule is CCCOc1ccc2c(ccn2CCC2CCCNC2)c1. The lowest BCUT2D eigenvalue weighted by molar-refractivity contribution is 0.318. The third kappa shape index (κ3) is 3.59. The van der Waals surface area contributed by atoms with Crippen LogP contribution < -0.4 is 10.1 Å². The Labute approximate surface area is 127 Å². The fourth-order valence-electron chi connectivity index (χ4n) is 3.17. The minimum absolute atomic E-state index is 0.793. The van der Waals surface area contributed by atoms with Gasteiger partial charge in [-0.1, -0.05) is 6.92 Å². The summed E-state index contributed by atoms with van der Waals surface area (Å²) < 4.78 is 8.09. The molecule has 1 saturated heterocycles. The van der Waals surface area contributed by atoms with Crippen molar-refractivity contribution < 1.29 is 4.74 Å². The average molecular weight is 286 g/mol. The molecule has 3 rings (SSSR count). The first-order chi connectivity index (χ1) is 10.4. The molecule has 0 bridgehead atoms. The van der Waals surface area contributed by atoms with E-state index in [1.165, 1.54) is 43.3 Å². The van der Waals surface area contributed by atoms with Crippen LogP contribution in [0.15, 0.2) is 30.5 Å². The van der Waals surface area contributed by atoms with Gasteiger partial charge in [0.25, 0.3) is 0 Å². The summed E-state index contributed by atoms with van der Waals surface area (Å²) in [6.45, 7) is 6.43. The Bertz CT molecular complexity index is 570. The molecule has 3 heteroatoms. The van der Waals surface area contributed by atoms with Gasteiger partial charge in [0, 0.05) is 23.6 Å². The van der Waals surface area contributed by atoms with E-state index in [9.17, 15) is 0 Å². The number of benzene rings is 1. The molecule has 1 fully saturated rings. The van der Waals surface area contributed by atoms with Gasteiger partial charge in [0.05, 0.1) is 6.61 Å². The van der Waals surface area contributed by atoms with Crippen molar-refractivity contribution in [2.75, 3.05) is 19.7 Å². The maximum absolute atomic E-state index is 5.71. The van der Waals surface area contributed by atoms with Crippen LogP contribution in [0.2, 0.25) is 0 Å². The van der Waals surface area contributed by atoms with Crippen LogP contribution in [-0.2, 0) is 6.54 Å². The van der Waals surface area contributed by atoms with Gasteiger partial charge in [-0.05, 0) is 69.0 Å². The molecule has 21 heavy (non-hydrogen) atoms. The van der Waals surface area contributed by atoms with Crippen LogP contribution in [0, 0.1) is 5.92 Å². The van der Waals surface area contributed by atoms with Crippen molar-refractivity contribution in [3.63, 3.8) is 0 Å². The lowest BCUT2D eigenvalue weighted by Crippen LogP contribution is -2.30. The number of hydrogen-bond donors (Lipinski definition) is 1. The van der Waals surface area contributed by atoms with Gasteiger partial charge in [-0.15, -0.1) is 0 Å². The van der Waals surface area contributed by atoms with Crippen LogP contribution in [0.4, 0.5) is 0 Å². The lowest BCUT2D eigenvalue weighted by atomic mass is 9.96. The first kappa shape index (κ1) is 14.5. The van der Waals surface area contributed by atoms with Crippen LogP contribution in [0.5, 0.6) is 5.75 Å². The molecule has 0 aliphatic carbocycles. The molecule has 2 aromatic rings.